The van der Waals surface area contributed by atoms with Crippen LogP contribution in [0.1, 0.15) is 12.5 Å². The second kappa shape index (κ2) is 6.28. The SMILES string of the molecule is CCn1c2ccccc2c2cc(CN=Nc3ccccc3)ccc21. The first-order valence-electron chi connectivity index (χ1n) is 8.29. The molecule has 0 atom stereocenters. The molecule has 3 heteroatoms. The van der Waals surface area contributed by atoms with Gasteiger partial charge in [0.15, 0.2) is 0 Å². The Morgan fingerprint density at radius 3 is 2.38 bits per heavy atom. The number of fused-ring (bicyclic) bond motifs is 3. The first-order valence-corrected chi connectivity index (χ1v) is 8.29. The summed E-state index contributed by atoms with van der Waals surface area (Å²) >= 11 is 0. The number of para-hydroxylation sites is 1. The van der Waals surface area contributed by atoms with E-state index in [0.29, 0.717) is 6.54 Å². The van der Waals surface area contributed by atoms with Gasteiger partial charge in [-0.15, -0.1) is 0 Å². The van der Waals surface area contributed by atoms with Crippen molar-refractivity contribution in [2.45, 2.75) is 20.0 Å². The van der Waals surface area contributed by atoms with E-state index in [1.165, 1.54) is 27.4 Å². The van der Waals surface area contributed by atoms with Crippen LogP contribution in [0.3, 0.4) is 0 Å². The van der Waals surface area contributed by atoms with Crippen molar-refractivity contribution in [3.05, 3.63) is 78.4 Å². The lowest BCUT2D eigenvalue weighted by atomic mass is 10.1. The Hall–Kier alpha value is -2.94. The average Bonchev–Trinajstić information content (AvgIpc) is 2.96. The zero-order valence-corrected chi connectivity index (χ0v) is 13.7. The number of rotatable bonds is 4. The van der Waals surface area contributed by atoms with Gasteiger partial charge in [-0.2, -0.15) is 10.2 Å². The molecule has 1 aromatic heterocycles. The molecule has 118 valence electrons. The summed E-state index contributed by atoms with van der Waals surface area (Å²) < 4.78 is 2.36. The number of azo groups is 1. The fourth-order valence-electron chi connectivity index (χ4n) is 3.23. The molecule has 4 aromatic rings. The normalized spacial score (nSPS) is 11.7. The molecule has 1 heterocycles. The van der Waals surface area contributed by atoms with E-state index in [2.05, 4.69) is 64.2 Å². The van der Waals surface area contributed by atoms with E-state index in [9.17, 15) is 0 Å². The van der Waals surface area contributed by atoms with Gasteiger partial charge in [0.1, 0.15) is 0 Å². The fourth-order valence-corrected chi connectivity index (χ4v) is 3.23. The summed E-state index contributed by atoms with van der Waals surface area (Å²) in [6.45, 7) is 3.75. The minimum Gasteiger partial charge on any atom is -0.341 e. The number of aryl methyl sites for hydroxylation is 1. The number of hydrogen-bond acceptors (Lipinski definition) is 2. The quantitative estimate of drug-likeness (QED) is 0.408. The van der Waals surface area contributed by atoms with E-state index in [4.69, 9.17) is 0 Å². The van der Waals surface area contributed by atoms with Gasteiger partial charge >= 0.3 is 0 Å². The lowest BCUT2D eigenvalue weighted by Gasteiger charge is -2.03. The topological polar surface area (TPSA) is 29.6 Å². The van der Waals surface area contributed by atoms with E-state index in [1.807, 2.05) is 30.3 Å². The van der Waals surface area contributed by atoms with Gasteiger partial charge < -0.3 is 4.57 Å². The Bertz CT molecular complexity index is 1010. The molecule has 0 saturated carbocycles. The molecule has 0 amide bonds. The van der Waals surface area contributed by atoms with Crippen LogP contribution >= 0.6 is 0 Å². The van der Waals surface area contributed by atoms with E-state index < -0.39 is 0 Å². The summed E-state index contributed by atoms with van der Waals surface area (Å²) in [5.74, 6) is 0. The summed E-state index contributed by atoms with van der Waals surface area (Å²) in [7, 11) is 0. The monoisotopic (exact) mass is 313 g/mol. The molecule has 0 saturated heterocycles. The maximum Gasteiger partial charge on any atom is 0.0854 e. The van der Waals surface area contributed by atoms with Gasteiger partial charge in [-0.3, -0.25) is 0 Å². The van der Waals surface area contributed by atoms with Gasteiger partial charge in [0.2, 0.25) is 0 Å². The standard InChI is InChI=1S/C21H19N3/c1-2-24-20-11-7-6-10-18(20)19-14-16(12-13-21(19)24)15-22-23-17-8-4-3-5-9-17/h3-14H,2,15H2,1H3. The second-order valence-corrected chi connectivity index (χ2v) is 5.85. The van der Waals surface area contributed by atoms with Crippen LogP contribution < -0.4 is 0 Å². The molecule has 3 nitrogen and oxygen atoms in total. The molecule has 0 N–H and O–H groups in total. The van der Waals surface area contributed by atoms with Crippen LogP contribution in [0.5, 0.6) is 0 Å². The van der Waals surface area contributed by atoms with E-state index >= 15 is 0 Å². The Balaban J connectivity index is 1.71. The molecular weight excluding hydrogens is 294 g/mol. The molecule has 0 unspecified atom stereocenters. The molecule has 24 heavy (non-hydrogen) atoms. The number of nitrogens with zero attached hydrogens (tertiary/aromatic N) is 3. The van der Waals surface area contributed by atoms with Crippen LogP contribution in [-0.2, 0) is 13.1 Å². The third kappa shape index (κ3) is 2.58. The highest BCUT2D eigenvalue weighted by Crippen LogP contribution is 2.29. The smallest absolute Gasteiger partial charge is 0.0854 e. The summed E-state index contributed by atoms with van der Waals surface area (Å²) in [6.07, 6.45) is 0. The second-order valence-electron chi connectivity index (χ2n) is 5.85. The summed E-state index contributed by atoms with van der Waals surface area (Å²) in [5.41, 5.74) is 4.64. The molecule has 0 fully saturated rings. The highest BCUT2D eigenvalue weighted by Gasteiger charge is 2.09. The first-order chi connectivity index (χ1) is 11.9. The largest absolute Gasteiger partial charge is 0.341 e. The average molecular weight is 313 g/mol. The third-order valence-electron chi connectivity index (χ3n) is 4.35. The number of benzene rings is 3. The summed E-state index contributed by atoms with van der Waals surface area (Å²) in [4.78, 5) is 0. The molecule has 0 aliphatic carbocycles. The van der Waals surface area contributed by atoms with Crippen molar-refractivity contribution in [2.75, 3.05) is 0 Å². The molecule has 3 aromatic carbocycles. The van der Waals surface area contributed by atoms with Crippen molar-refractivity contribution in [1.29, 1.82) is 0 Å². The minimum absolute atomic E-state index is 0.594. The molecular formula is C21H19N3. The van der Waals surface area contributed by atoms with Crippen molar-refractivity contribution in [3.8, 4) is 0 Å². The third-order valence-corrected chi connectivity index (χ3v) is 4.35. The predicted octanol–water partition coefficient (Wildman–Crippen LogP) is 6.10. The van der Waals surface area contributed by atoms with Gasteiger partial charge in [0.25, 0.3) is 0 Å². The Morgan fingerprint density at radius 2 is 1.54 bits per heavy atom. The number of aromatic nitrogens is 1. The maximum atomic E-state index is 4.34. The van der Waals surface area contributed by atoms with Crippen LogP contribution in [0.25, 0.3) is 21.8 Å². The zero-order valence-electron chi connectivity index (χ0n) is 13.7. The van der Waals surface area contributed by atoms with Crippen molar-refractivity contribution < 1.29 is 0 Å². The summed E-state index contributed by atoms with van der Waals surface area (Å²) in [5, 5.41) is 11.2. The molecule has 0 radical (unpaired) electrons. The molecule has 4 rings (SSSR count). The Morgan fingerprint density at radius 1 is 0.792 bits per heavy atom. The lowest BCUT2D eigenvalue weighted by molar-refractivity contribution is 0.827. The van der Waals surface area contributed by atoms with Crippen molar-refractivity contribution in [1.82, 2.24) is 4.57 Å². The zero-order chi connectivity index (χ0) is 16.4. The maximum absolute atomic E-state index is 4.34. The Labute approximate surface area is 141 Å². The van der Waals surface area contributed by atoms with Crippen LogP contribution in [0, 0.1) is 0 Å². The first kappa shape index (κ1) is 14.6. The van der Waals surface area contributed by atoms with Gasteiger partial charge in [-0.25, -0.2) is 0 Å². The van der Waals surface area contributed by atoms with E-state index in [0.717, 1.165) is 12.2 Å². The van der Waals surface area contributed by atoms with Gasteiger partial charge in [-0.1, -0.05) is 42.5 Å². The van der Waals surface area contributed by atoms with Gasteiger partial charge in [0.05, 0.1) is 12.2 Å². The summed E-state index contributed by atoms with van der Waals surface area (Å²) in [6, 6.07) is 25.0. The highest BCUT2D eigenvalue weighted by molar-refractivity contribution is 6.08. The van der Waals surface area contributed by atoms with Gasteiger partial charge in [-0.05, 0) is 42.8 Å². The van der Waals surface area contributed by atoms with Crippen molar-refractivity contribution in [3.63, 3.8) is 0 Å². The van der Waals surface area contributed by atoms with E-state index in [-0.39, 0.29) is 0 Å². The van der Waals surface area contributed by atoms with E-state index in [1.54, 1.807) is 0 Å². The van der Waals surface area contributed by atoms with Crippen molar-refractivity contribution in [2.24, 2.45) is 10.2 Å². The van der Waals surface area contributed by atoms with Gasteiger partial charge in [0, 0.05) is 28.4 Å². The number of hydrogen-bond donors (Lipinski definition) is 0. The van der Waals surface area contributed by atoms with Crippen LogP contribution in [0.15, 0.2) is 83.0 Å². The van der Waals surface area contributed by atoms with Crippen molar-refractivity contribution >= 4 is 27.5 Å². The predicted molar refractivity (Wildman–Crippen MR) is 99.8 cm³/mol. The van der Waals surface area contributed by atoms with Crippen LogP contribution in [0.2, 0.25) is 0 Å². The lowest BCUT2D eigenvalue weighted by Crippen LogP contribution is -1.92. The van der Waals surface area contributed by atoms with Crippen LogP contribution in [0.4, 0.5) is 5.69 Å². The van der Waals surface area contributed by atoms with Crippen LogP contribution in [-0.4, -0.2) is 4.57 Å². The molecule has 0 aliphatic rings. The molecule has 0 bridgehead atoms. The molecule has 0 aliphatic heterocycles. The molecule has 0 spiro atoms. The fraction of sp³-hybridized carbons (Fsp3) is 0.143. The minimum atomic E-state index is 0.594. The Kier molecular flexibility index (Phi) is 3.83. The highest BCUT2D eigenvalue weighted by atomic mass is 15.1.